The first-order chi connectivity index (χ1) is 4.00. The maximum absolute atomic E-state index is 2.89. The summed E-state index contributed by atoms with van der Waals surface area (Å²) in [5, 5.41) is 0. The van der Waals surface area contributed by atoms with Crippen LogP contribution in [-0.2, 0) is 105 Å². The van der Waals surface area contributed by atoms with Gasteiger partial charge in [0.25, 0.3) is 0 Å². The molecular formula is C8H11W5-. The van der Waals surface area contributed by atoms with E-state index in [2.05, 4.69) is 6.07 Å². The molecule has 0 unspecified atom stereocenters. The quantitative estimate of drug-likeness (QED) is 0.352. The van der Waals surface area contributed by atoms with Gasteiger partial charge in [-0.25, -0.2) is 0 Å². The molecule has 0 aliphatic rings. The standard InChI is InChI=1S/C6H5.C2H6.5W/c1-2-4-6-5-3-1;1-2;;;;;/h1-5H;1-2H3;;;;;/q-1;;;;;;. The van der Waals surface area contributed by atoms with E-state index in [4.69, 9.17) is 0 Å². The van der Waals surface area contributed by atoms with Gasteiger partial charge in [0.05, 0.1) is 0 Å². The van der Waals surface area contributed by atoms with Crippen LogP contribution in [0.15, 0.2) is 30.3 Å². The summed E-state index contributed by atoms with van der Waals surface area (Å²) < 4.78 is 0. The average Bonchev–Trinajstić information content (AvgIpc) is 1.96. The van der Waals surface area contributed by atoms with Crippen LogP contribution in [0.3, 0.4) is 0 Å². The molecular weight excluding hydrogens is 1020 g/mol. The maximum atomic E-state index is 2.89. The molecule has 0 radical (unpaired) electrons. The molecule has 0 amide bonds. The number of rotatable bonds is 0. The number of hydrogen-bond acceptors (Lipinski definition) is 0. The molecule has 0 spiro atoms. The molecule has 5 heteroatoms. The zero-order chi connectivity index (χ0) is 6.24. The molecule has 0 aliphatic carbocycles. The predicted molar refractivity (Wildman–Crippen MR) is 36.6 cm³/mol. The first-order valence-electron chi connectivity index (χ1n) is 2.91. The summed E-state index contributed by atoms with van der Waals surface area (Å²) >= 11 is 0. The summed E-state index contributed by atoms with van der Waals surface area (Å²) in [6, 6.07) is 12.5. The van der Waals surface area contributed by atoms with E-state index in [9.17, 15) is 0 Å². The second kappa shape index (κ2) is 36.5. The van der Waals surface area contributed by atoms with Crippen molar-refractivity contribution in [1.29, 1.82) is 0 Å². The summed E-state index contributed by atoms with van der Waals surface area (Å²) in [6.45, 7) is 4.00. The Kier molecular flexibility index (Phi) is 101. The molecule has 13 heavy (non-hydrogen) atoms. The minimum absolute atomic E-state index is 0. The van der Waals surface area contributed by atoms with Crippen LogP contribution in [0.4, 0.5) is 0 Å². The van der Waals surface area contributed by atoms with Crippen molar-refractivity contribution in [3.8, 4) is 0 Å². The van der Waals surface area contributed by atoms with E-state index in [1.54, 1.807) is 0 Å². The molecule has 0 bridgehead atoms. The third-order valence-electron chi connectivity index (χ3n) is 0.607. The van der Waals surface area contributed by atoms with Gasteiger partial charge in [0.15, 0.2) is 0 Å². The molecule has 0 aliphatic heterocycles. The Morgan fingerprint density at radius 2 is 0.923 bits per heavy atom. The van der Waals surface area contributed by atoms with Gasteiger partial charge < -0.3 is 0 Å². The molecule has 1 rings (SSSR count). The monoisotopic (exact) mass is 1030 g/mol. The first-order valence-corrected chi connectivity index (χ1v) is 2.91. The van der Waals surface area contributed by atoms with Crippen LogP contribution in [0.2, 0.25) is 0 Å². The zero-order valence-electron chi connectivity index (χ0n) is 7.43. The van der Waals surface area contributed by atoms with E-state index in [-0.39, 0.29) is 105 Å². The van der Waals surface area contributed by atoms with Gasteiger partial charge in [0.2, 0.25) is 0 Å². The molecule has 74 valence electrons. The van der Waals surface area contributed by atoms with E-state index in [1.165, 1.54) is 0 Å². The van der Waals surface area contributed by atoms with Crippen LogP contribution in [0.1, 0.15) is 13.8 Å². The number of benzene rings is 1. The van der Waals surface area contributed by atoms with Gasteiger partial charge >= 0.3 is 0 Å². The summed E-state index contributed by atoms with van der Waals surface area (Å²) in [5.74, 6) is 0. The van der Waals surface area contributed by atoms with Crippen molar-refractivity contribution in [2.45, 2.75) is 13.8 Å². The molecule has 1 aromatic carbocycles. The van der Waals surface area contributed by atoms with Crippen LogP contribution in [0.25, 0.3) is 0 Å². The van der Waals surface area contributed by atoms with Crippen molar-refractivity contribution in [2.75, 3.05) is 0 Å². The van der Waals surface area contributed by atoms with Crippen LogP contribution in [0, 0.1) is 6.07 Å². The maximum Gasteiger partial charge on any atom is 0 e. The van der Waals surface area contributed by atoms with Gasteiger partial charge in [-0.3, -0.25) is 0 Å². The summed E-state index contributed by atoms with van der Waals surface area (Å²) in [7, 11) is 0. The van der Waals surface area contributed by atoms with Crippen LogP contribution in [-0.4, -0.2) is 0 Å². The third kappa shape index (κ3) is 31.3. The normalized spacial score (nSPS) is 4.15. The molecule has 0 heterocycles. The fourth-order valence-corrected chi connectivity index (χ4v) is 0.342. The molecule has 0 atom stereocenters. The minimum Gasteiger partial charge on any atom is -0.184 e. The fourth-order valence-electron chi connectivity index (χ4n) is 0.342. The fraction of sp³-hybridized carbons (Fsp3) is 0.250. The number of hydrogen-bond donors (Lipinski definition) is 0. The second-order valence-electron chi connectivity index (χ2n) is 1.08. The van der Waals surface area contributed by atoms with Gasteiger partial charge in [-0.2, -0.15) is 36.4 Å². The second-order valence-corrected chi connectivity index (χ2v) is 1.08. The molecule has 0 aromatic heterocycles. The van der Waals surface area contributed by atoms with Crippen LogP contribution >= 0.6 is 0 Å². The molecule has 1 aromatic rings. The Labute approximate surface area is 153 Å². The molecule has 0 saturated heterocycles. The van der Waals surface area contributed by atoms with E-state index in [0.29, 0.717) is 0 Å². The summed E-state index contributed by atoms with van der Waals surface area (Å²) in [4.78, 5) is 0. The van der Waals surface area contributed by atoms with Crippen LogP contribution in [0.5, 0.6) is 0 Å². The van der Waals surface area contributed by atoms with E-state index in [1.807, 2.05) is 44.2 Å². The van der Waals surface area contributed by atoms with E-state index in [0.717, 1.165) is 0 Å². The Morgan fingerprint density at radius 1 is 0.615 bits per heavy atom. The Hall–Kier alpha value is 2.66. The molecule has 0 N–H and O–H groups in total. The van der Waals surface area contributed by atoms with Crippen LogP contribution < -0.4 is 0 Å². The SMILES string of the molecule is CC.[W].[W].[W].[W].[W].[c-]1ccccc1. The molecule has 0 saturated carbocycles. The van der Waals surface area contributed by atoms with Crippen molar-refractivity contribution in [3.63, 3.8) is 0 Å². The summed E-state index contributed by atoms with van der Waals surface area (Å²) in [6.07, 6.45) is 0. The Morgan fingerprint density at radius 3 is 1.00 bits per heavy atom. The van der Waals surface area contributed by atoms with Gasteiger partial charge in [-0.15, -0.1) is 0 Å². The van der Waals surface area contributed by atoms with Crippen molar-refractivity contribution >= 4 is 0 Å². The molecule has 0 nitrogen and oxygen atoms in total. The van der Waals surface area contributed by atoms with E-state index >= 15 is 0 Å². The third-order valence-corrected chi connectivity index (χ3v) is 0.607. The topological polar surface area (TPSA) is 0 Å². The van der Waals surface area contributed by atoms with Crippen molar-refractivity contribution in [2.24, 2.45) is 0 Å². The molecule has 0 fully saturated rings. The minimum atomic E-state index is 0. The summed E-state index contributed by atoms with van der Waals surface area (Å²) in [5.41, 5.74) is 0. The smallest absolute Gasteiger partial charge is 0 e. The van der Waals surface area contributed by atoms with Gasteiger partial charge in [-0.05, 0) is 0 Å². The zero-order valence-corrected chi connectivity index (χ0v) is 22.1. The van der Waals surface area contributed by atoms with E-state index < -0.39 is 0 Å². The van der Waals surface area contributed by atoms with Crippen molar-refractivity contribution in [1.82, 2.24) is 0 Å². The van der Waals surface area contributed by atoms with Gasteiger partial charge in [-0.1, -0.05) is 13.8 Å². The largest absolute Gasteiger partial charge is 0.184 e. The van der Waals surface area contributed by atoms with Crippen molar-refractivity contribution < 1.29 is 105 Å². The predicted octanol–water partition coefficient (Wildman–Crippen LogP) is 2.50. The Bertz CT molecular complexity index is 84.5. The first kappa shape index (κ1) is 36.1. The van der Waals surface area contributed by atoms with Gasteiger partial charge in [0, 0.05) is 105 Å². The average molecular weight is 1030 g/mol. The van der Waals surface area contributed by atoms with Gasteiger partial charge in [0.1, 0.15) is 0 Å². The Balaban J connectivity index is -0.0000000166. The van der Waals surface area contributed by atoms with Crippen molar-refractivity contribution in [3.05, 3.63) is 36.4 Å².